The van der Waals surface area contributed by atoms with Crippen LogP contribution in [0.5, 0.6) is 0 Å². The van der Waals surface area contributed by atoms with Crippen molar-refractivity contribution in [1.82, 2.24) is 5.32 Å². The number of allylic oxidation sites excluding steroid dienone is 2. The smallest absolute Gasteiger partial charge is 0.409 e. The van der Waals surface area contributed by atoms with Gasteiger partial charge in [0.1, 0.15) is 17.7 Å². The fourth-order valence-corrected chi connectivity index (χ4v) is 3.23. The van der Waals surface area contributed by atoms with Gasteiger partial charge in [0.2, 0.25) is 11.8 Å². The summed E-state index contributed by atoms with van der Waals surface area (Å²) in [4.78, 5) is 57.3. The fraction of sp³-hybridized carbons (Fsp3) is 0.222. The van der Waals surface area contributed by atoms with Crippen LogP contribution in [0.25, 0.3) is 0 Å². The Bertz CT molecular complexity index is 1120. The van der Waals surface area contributed by atoms with Crippen molar-refractivity contribution in [3.8, 4) is 0 Å². The number of fused-ring (bicyclic) bond motifs is 1. The molecule has 0 saturated carbocycles. The molecule has 2 aliphatic heterocycles. The van der Waals surface area contributed by atoms with Gasteiger partial charge in [-0.05, 0) is 17.7 Å². The molecule has 1 aromatic heterocycles. The third kappa shape index (κ3) is 3.83. The maximum absolute atomic E-state index is 12.2. The number of carboxylic acid groups (broad SMARTS) is 4. The van der Waals surface area contributed by atoms with Crippen molar-refractivity contribution in [3.05, 3.63) is 51.2 Å². The van der Waals surface area contributed by atoms with Crippen LogP contribution in [0.2, 0.25) is 0 Å². The van der Waals surface area contributed by atoms with Gasteiger partial charge in [-0.25, -0.2) is 19.2 Å². The highest BCUT2D eigenvalue weighted by atomic mass is 16.4. The normalized spacial score (nSPS) is 22.9. The van der Waals surface area contributed by atoms with Crippen molar-refractivity contribution in [2.75, 3.05) is 0 Å². The molecule has 0 aromatic carbocycles. The molecule has 0 radical (unpaired) electrons. The third-order valence-corrected chi connectivity index (χ3v) is 4.57. The molecule has 12 nitrogen and oxygen atoms in total. The summed E-state index contributed by atoms with van der Waals surface area (Å²) in [5, 5.41) is 41.2. The number of hydrogen-bond donors (Lipinski definition) is 4. The first-order chi connectivity index (χ1) is 14.1. The third-order valence-electron chi connectivity index (χ3n) is 4.57. The molecule has 0 aliphatic carbocycles. The zero-order valence-electron chi connectivity index (χ0n) is 15.0. The monoisotopic (exact) mass is 418 g/mol. The molecular weight excluding hydrogens is 404 g/mol. The van der Waals surface area contributed by atoms with Crippen LogP contribution >= 0.6 is 0 Å². The quantitative estimate of drug-likeness (QED) is 0.388. The molecule has 0 fully saturated rings. The van der Waals surface area contributed by atoms with Crippen molar-refractivity contribution in [2.45, 2.75) is 24.9 Å². The average molecular weight is 418 g/mol. The molecule has 2 unspecified atom stereocenters. The molecule has 0 saturated heterocycles. The first-order valence-electron chi connectivity index (χ1n) is 8.46. The van der Waals surface area contributed by atoms with Gasteiger partial charge in [-0.2, -0.15) is 4.58 Å². The molecule has 156 valence electrons. The van der Waals surface area contributed by atoms with Gasteiger partial charge >= 0.3 is 23.5 Å². The highest BCUT2D eigenvalue weighted by Gasteiger charge is 2.40. The molecule has 3 rings (SSSR count). The Morgan fingerprint density at radius 2 is 1.87 bits per heavy atom. The van der Waals surface area contributed by atoms with E-state index in [9.17, 15) is 29.1 Å². The van der Waals surface area contributed by atoms with Crippen molar-refractivity contribution < 1.29 is 48.6 Å². The summed E-state index contributed by atoms with van der Waals surface area (Å²) in [5.41, 5.74) is -1.26. The van der Waals surface area contributed by atoms with E-state index in [1.54, 1.807) is 0 Å². The predicted octanol–water partition coefficient (Wildman–Crippen LogP) is -1.93. The van der Waals surface area contributed by atoms with Crippen molar-refractivity contribution >= 4 is 35.8 Å². The molecule has 4 N–H and O–H groups in total. The first kappa shape index (κ1) is 20.5. The summed E-state index contributed by atoms with van der Waals surface area (Å²) >= 11 is 0. The fourth-order valence-electron chi connectivity index (χ4n) is 3.23. The summed E-state index contributed by atoms with van der Waals surface area (Å²) in [6.45, 7) is 0. The Morgan fingerprint density at radius 3 is 2.43 bits per heavy atom. The zero-order valence-corrected chi connectivity index (χ0v) is 15.0. The van der Waals surface area contributed by atoms with Crippen LogP contribution in [0.1, 0.15) is 22.5 Å². The number of aliphatic carboxylic acids is 3. The van der Waals surface area contributed by atoms with E-state index in [4.69, 9.17) is 19.7 Å². The molecule has 0 spiro atoms. The lowest BCUT2D eigenvalue weighted by molar-refractivity contribution is -0.477. The summed E-state index contributed by atoms with van der Waals surface area (Å²) in [6, 6.07) is -1.51. The Balaban J connectivity index is 2.09. The number of aromatic carboxylic acids is 1. The Morgan fingerprint density at radius 1 is 1.17 bits per heavy atom. The molecule has 0 bridgehead atoms. The minimum atomic E-state index is -1.53. The Kier molecular flexibility index (Phi) is 5.24. The lowest BCUT2D eigenvalue weighted by Gasteiger charge is -2.21. The molecule has 12 heteroatoms. The van der Waals surface area contributed by atoms with Crippen molar-refractivity contribution in [2.24, 2.45) is 0 Å². The van der Waals surface area contributed by atoms with Gasteiger partial charge in [0, 0.05) is 24.5 Å². The van der Waals surface area contributed by atoms with Gasteiger partial charge in [0.25, 0.3) is 5.69 Å². The van der Waals surface area contributed by atoms with Crippen LogP contribution in [-0.4, -0.2) is 62.1 Å². The minimum absolute atomic E-state index is 0.105. The van der Waals surface area contributed by atoms with E-state index in [0.29, 0.717) is 0 Å². The van der Waals surface area contributed by atoms with Crippen LogP contribution in [0.15, 0.2) is 38.7 Å². The van der Waals surface area contributed by atoms with Gasteiger partial charge in [0.05, 0.1) is 0 Å². The molecule has 2 atom stereocenters. The van der Waals surface area contributed by atoms with E-state index in [1.165, 1.54) is 18.4 Å². The van der Waals surface area contributed by atoms with Crippen molar-refractivity contribution in [3.63, 3.8) is 0 Å². The van der Waals surface area contributed by atoms with Gasteiger partial charge in [-0.15, -0.1) is 0 Å². The average Bonchev–Trinajstić information content (AvgIpc) is 3.05. The van der Waals surface area contributed by atoms with E-state index >= 15 is 0 Å². The molecule has 1 aromatic rings. The number of nitrogens with zero attached hydrogens (tertiary/aromatic N) is 1. The van der Waals surface area contributed by atoms with Gasteiger partial charge in [-0.3, -0.25) is 0 Å². The maximum Gasteiger partial charge on any atom is 0.409 e. The van der Waals surface area contributed by atoms with E-state index in [-0.39, 0.29) is 35.4 Å². The van der Waals surface area contributed by atoms with Crippen LogP contribution in [0.3, 0.4) is 0 Å². The maximum atomic E-state index is 12.2. The predicted molar refractivity (Wildman–Crippen MR) is 93.4 cm³/mol. The topological polar surface area (TPSA) is 197 Å². The Labute approximate surface area is 166 Å². The van der Waals surface area contributed by atoms with Gasteiger partial charge in [-0.1, -0.05) is 0 Å². The number of hydrogen-bond acceptors (Lipinski definition) is 8. The van der Waals surface area contributed by atoms with Gasteiger partial charge < -0.3 is 35.0 Å². The summed E-state index contributed by atoms with van der Waals surface area (Å²) in [7, 11) is 0. The SMILES string of the molecule is O=C(O)C1=CC(=CC=[N+]2c3c(cc(C(=O)O)oc3=O)CC2C(=O)[O-])CC(C(=O)O)N1. The summed E-state index contributed by atoms with van der Waals surface area (Å²) in [6.07, 6.45) is 3.29. The highest BCUT2D eigenvalue weighted by Crippen LogP contribution is 2.28. The van der Waals surface area contributed by atoms with Gasteiger partial charge in [0.15, 0.2) is 6.21 Å². The number of rotatable bonds is 5. The molecule has 3 heterocycles. The second kappa shape index (κ2) is 7.66. The number of carbonyl (C=O) groups is 4. The lowest BCUT2D eigenvalue weighted by Crippen LogP contribution is -2.41. The first-order valence-corrected chi connectivity index (χ1v) is 8.46. The lowest BCUT2D eigenvalue weighted by atomic mass is 10.00. The van der Waals surface area contributed by atoms with Crippen LogP contribution in [-0.2, 0) is 20.8 Å². The standard InChI is InChI=1S/C18H14N2O10/c21-14(22)9-3-7(4-10(19-9)15(23)24)1-2-20-11(16(25)26)5-8-6-12(17(27)28)30-18(29)13(8)20/h1-3,6,10-11H,4-5H2,(H4,21,22,23,24,25,26,27,28). The summed E-state index contributed by atoms with van der Waals surface area (Å²) in [5.74, 6) is -6.34. The Hall–Kier alpha value is -4.22. The number of nitrogens with one attached hydrogen (secondary N) is 1. The molecule has 0 amide bonds. The second-order valence-electron chi connectivity index (χ2n) is 6.52. The minimum Gasteiger partial charge on any atom is -0.543 e. The van der Waals surface area contributed by atoms with Crippen molar-refractivity contribution in [1.29, 1.82) is 0 Å². The van der Waals surface area contributed by atoms with Crippen LogP contribution < -0.4 is 16.0 Å². The zero-order chi connectivity index (χ0) is 22.2. The van der Waals surface area contributed by atoms with E-state index in [1.807, 2.05) is 0 Å². The van der Waals surface area contributed by atoms with E-state index in [2.05, 4.69) is 5.32 Å². The summed E-state index contributed by atoms with van der Waals surface area (Å²) < 4.78 is 5.72. The largest absolute Gasteiger partial charge is 0.543 e. The van der Waals surface area contributed by atoms with Crippen LogP contribution in [0, 0.1) is 0 Å². The second-order valence-corrected chi connectivity index (χ2v) is 6.52. The molecule has 2 aliphatic rings. The van der Waals surface area contributed by atoms with Crippen LogP contribution in [0.4, 0.5) is 5.69 Å². The van der Waals surface area contributed by atoms with E-state index < -0.39 is 47.3 Å². The van der Waals surface area contributed by atoms with E-state index in [0.717, 1.165) is 10.6 Å². The molecule has 30 heavy (non-hydrogen) atoms. The number of carboxylic acids is 4. The number of carbonyl (C=O) groups excluding carboxylic acids is 1. The molecular formula is C18H14N2O10. The highest BCUT2D eigenvalue weighted by molar-refractivity contribution is 5.89.